The van der Waals surface area contributed by atoms with Crippen LogP contribution in [0.5, 0.6) is 0 Å². The molecule has 3 N–H and O–H groups in total. The summed E-state index contributed by atoms with van der Waals surface area (Å²) in [6, 6.07) is 31.3. The summed E-state index contributed by atoms with van der Waals surface area (Å²) in [6.45, 7) is -0.00586. The molecule has 190 valence electrons. The number of aliphatic hydroxyl groups excluding tert-OH is 2. The molecular formula is C32H26ClNO4. The molecule has 6 rings (SSSR count). The summed E-state index contributed by atoms with van der Waals surface area (Å²) in [5.74, 6) is -0.0598. The maximum Gasteiger partial charge on any atom is 0.407 e. The third-order valence-corrected chi connectivity index (χ3v) is 7.77. The molecule has 38 heavy (non-hydrogen) atoms. The van der Waals surface area contributed by atoms with E-state index in [2.05, 4.69) is 29.6 Å². The van der Waals surface area contributed by atoms with Crippen molar-refractivity contribution in [3.63, 3.8) is 0 Å². The number of carbonyl (C=O) groups is 1. The van der Waals surface area contributed by atoms with Crippen LogP contribution in [-0.4, -0.2) is 35.6 Å². The van der Waals surface area contributed by atoms with E-state index in [-0.39, 0.29) is 19.1 Å². The fourth-order valence-electron chi connectivity index (χ4n) is 5.57. The van der Waals surface area contributed by atoms with E-state index < -0.39 is 18.3 Å². The predicted molar refractivity (Wildman–Crippen MR) is 151 cm³/mol. The van der Waals surface area contributed by atoms with Gasteiger partial charge in [-0.05, 0) is 38.6 Å². The Labute approximate surface area is 225 Å². The van der Waals surface area contributed by atoms with Gasteiger partial charge in [-0.3, -0.25) is 0 Å². The van der Waals surface area contributed by atoms with E-state index in [1.54, 1.807) is 0 Å². The van der Waals surface area contributed by atoms with E-state index in [4.69, 9.17) is 16.3 Å². The highest BCUT2D eigenvalue weighted by molar-refractivity contribution is 6.41. The summed E-state index contributed by atoms with van der Waals surface area (Å²) in [4.78, 5) is 12.6. The molecule has 1 aliphatic rings. The van der Waals surface area contributed by atoms with Crippen LogP contribution in [0.3, 0.4) is 0 Å². The summed E-state index contributed by atoms with van der Waals surface area (Å²) >= 11 is 6.67. The first kappa shape index (κ1) is 24.4. The number of carbonyl (C=O) groups excluding carboxylic acids is 1. The van der Waals surface area contributed by atoms with Crippen LogP contribution in [0.15, 0.2) is 97.1 Å². The van der Waals surface area contributed by atoms with Crippen molar-refractivity contribution in [1.29, 1.82) is 0 Å². The van der Waals surface area contributed by atoms with Crippen molar-refractivity contribution >= 4 is 39.2 Å². The van der Waals surface area contributed by atoms with Crippen molar-refractivity contribution in [1.82, 2.24) is 5.32 Å². The molecule has 0 radical (unpaired) electrons. The van der Waals surface area contributed by atoms with Crippen LogP contribution in [0.1, 0.15) is 28.7 Å². The van der Waals surface area contributed by atoms with Gasteiger partial charge in [-0.25, -0.2) is 4.79 Å². The Morgan fingerprint density at radius 1 is 0.763 bits per heavy atom. The standard InChI is InChI=1S/C32H26ClNO4/c33-30-25-15-7-5-13-23(25)29(24-14-6-8-16-26(24)30)31(36)28(35)17-34-32(37)38-18-27-21-11-3-1-9-19(21)20-10-2-4-12-22(20)27/h1-16,27-28,31,35-36H,17-18H2,(H,34,37). The molecule has 5 aromatic carbocycles. The van der Waals surface area contributed by atoms with E-state index in [1.807, 2.05) is 72.8 Å². The second kappa shape index (κ2) is 10.1. The topological polar surface area (TPSA) is 78.8 Å². The fraction of sp³-hybridized carbons (Fsp3) is 0.156. The molecule has 2 atom stereocenters. The number of hydrogen-bond donors (Lipinski definition) is 3. The average Bonchev–Trinajstić information content (AvgIpc) is 3.28. The number of nitrogens with one attached hydrogen (secondary N) is 1. The number of ether oxygens (including phenoxy) is 1. The van der Waals surface area contributed by atoms with E-state index >= 15 is 0 Å². The van der Waals surface area contributed by atoms with Crippen LogP contribution in [-0.2, 0) is 4.74 Å². The number of aliphatic hydroxyl groups is 2. The first-order chi connectivity index (χ1) is 18.5. The maximum absolute atomic E-state index is 12.6. The minimum Gasteiger partial charge on any atom is -0.449 e. The number of halogens is 1. The van der Waals surface area contributed by atoms with E-state index in [0.29, 0.717) is 10.6 Å². The lowest BCUT2D eigenvalue weighted by atomic mass is 9.91. The second-order valence-electron chi connectivity index (χ2n) is 9.54. The lowest BCUT2D eigenvalue weighted by Gasteiger charge is -2.23. The Kier molecular flexibility index (Phi) is 6.50. The second-order valence-corrected chi connectivity index (χ2v) is 9.92. The van der Waals surface area contributed by atoms with Crippen LogP contribution < -0.4 is 5.32 Å². The molecule has 6 heteroatoms. The number of hydrogen-bond acceptors (Lipinski definition) is 4. The molecule has 0 saturated carbocycles. The maximum atomic E-state index is 12.6. The highest BCUT2D eigenvalue weighted by atomic mass is 35.5. The van der Waals surface area contributed by atoms with Gasteiger partial charge < -0.3 is 20.3 Å². The smallest absolute Gasteiger partial charge is 0.407 e. The van der Waals surface area contributed by atoms with Gasteiger partial charge in [0.2, 0.25) is 0 Å². The van der Waals surface area contributed by atoms with Crippen molar-refractivity contribution < 1.29 is 19.7 Å². The largest absolute Gasteiger partial charge is 0.449 e. The Balaban J connectivity index is 1.17. The summed E-state index contributed by atoms with van der Waals surface area (Å²) in [5.41, 5.74) is 5.12. The third-order valence-electron chi connectivity index (χ3n) is 7.37. The van der Waals surface area contributed by atoms with Gasteiger partial charge in [-0.1, -0.05) is 109 Å². The molecule has 0 aromatic heterocycles. The van der Waals surface area contributed by atoms with Gasteiger partial charge in [0.1, 0.15) is 18.8 Å². The Morgan fingerprint density at radius 3 is 1.79 bits per heavy atom. The van der Waals surface area contributed by atoms with Gasteiger partial charge in [0, 0.05) is 23.2 Å². The van der Waals surface area contributed by atoms with Gasteiger partial charge in [0.25, 0.3) is 0 Å². The Bertz CT molecular complexity index is 1560. The average molecular weight is 524 g/mol. The quantitative estimate of drug-likeness (QED) is 0.220. The minimum atomic E-state index is -1.26. The van der Waals surface area contributed by atoms with E-state index in [0.717, 1.165) is 43.8 Å². The van der Waals surface area contributed by atoms with Gasteiger partial charge in [-0.2, -0.15) is 0 Å². The SMILES string of the molecule is O=C(NCC(O)C(O)c1c2ccccc2c(Cl)c2ccccc12)OCC1c2ccccc2-c2ccccc21. The first-order valence-corrected chi connectivity index (χ1v) is 13.0. The monoisotopic (exact) mass is 523 g/mol. The van der Waals surface area contributed by atoms with Crippen LogP contribution in [0.25, 0.3) is 32.7 Å². The molecule has 5 aromatic rings. The zero-order valence-corrected chi connectivity index (χ0v) is 21.2. The molecule has 0 aliphatic heterocycles. The van der Waals surface area contributed by atoms with Crippen molar-refractivity contribution in [2.45, 2.75) is 18.1 Å². The lowest BCUT2D eigenvalue weighted by Crippen LogP contribution is -2.36. The Hall–Kier alpha value is -3.90. The summed E-state index contributed by atoms with van der Waals surface area (Å²) in [5, 5.41) is 28.4. The third kappa shape index (κ3) is 4.19. The lowest BCUT2D eigenvalue weighted by molar-refractivity contribution is 0.0202. The molecule has 0 bridgehead atoms. The zero-order chi connectivity index (χ0) is 26.2. The number of rotatable bonds is 6. The van der Waals surface area contributed by atoms with Crippen molar-refractivity contribution in [3.05, 3.63) is 119 Å². The molecular weight excluding hydrogens is 498 g/mol. The number of benzene rings is 5. The molecule has 0 spiro atoms. The molecule has 0 heterocycles. The molecule has 2 unspecified atom stereocenters. The van der Waals surface area contributed by atoms with Crippen LogP contribution in [0.2, 0.25) is 5.02 Å². The van der Waals surface area contributed by atoms with Gasteiger partial charge in [0.15, 0.2) is 0 Å². The minimum absolute atomic E-state index is 0.0598. The highest BCUT2D eigenvalue weighted by Gasteiger charge is 2.29. The fourth-order valence-corrected chi connectivity index (χ4v) is 5.90. The first-order valence-electron chi connectivity index (χ1n) is 12.6. The zero-order valence-electron chi connectivity index (χ0n) is 20.5. The van der Waals surface area contributed by atoms with Gasteiger partial charge in [0.05, 0.1) is 5.02 Å². The molecule has 5 nitrogen and oxygen atoms in total. The van der Waals surface area contributed by atoms with Crippen LogP contribution >= 0.6 is 11.6 Å². The van der Waals surface area contributed by atoms with E-state index in [9.17, 15) is 15.0 Å². The van der Waals surface area contributed by atoms with Crippen molar-refractivity contribution in [3.8, 4) is 11.1 Å². The highest BCUT2D eigenvalue weighted by Crippen LogP contribution is 2.44. The Morgan fingerprint density at radius 2 is 1.24 bits per heavy atom. The summed E-state index contributed by atoms with van der Waals surface area (Å²) in [6.07, 6.45) is -3.16. The number of amides is 1. The van der Waals surface area contributed by atoms with Crippen LogP contribution in [0, 0.1) is 0 Å². The number of fused-ring (bicyclic) bond motifs is 5. The molecule has 1 amide bonds. The molecule has 1 aliphatic carbocycles. The molecule has 0 fully saturated rings. The van der Waals surface area contributed by atoms with E-state index in [1.165, 1.54) is 0 Å². The number of alkyl carbamates (subject to hydrolysis) is 1. The summed E-state index contributed by atoms with van der Waals surface area (Å²) < 4.78 is 5.57. The van der Waals surface area contributed by atoms with Gasteiger partial charge >= 0.3 is 6.09 Å². The molecule has 0 saturated heterocycles. The normalized spacial score (nSPS) is 14.2. The van der Waals surface area contributed by atoms with Crippen LogP contribution in [0.4, 0.5) is 4.79 Å². The van der Waals surface area contributed by atoms with Crippen molar-refractivity contribution in [2.75, 3.05) is 13.2 Å². The summed E-state index contributed by atoms with van der Waals surface area (Å²) in [7, 11) is 0. The predicted octanol–water partition coefficient (Wildman–Crippen LogP) is 6.58. The van der Waals surface area contributed by atoms with Crippen molar-refractivity contribution in [2.24, 2.45) is 0 Å². The van der Waals surface area contributed by atoms with Gasteiger partial charge in [-0.15, -0.1) is 0 Å².